The van der Waals surface area contributed by atoms with E-state index < -0.39 is 0 Å². The van der Waals surface area contributed by atoms with Crippen LogP contribution in [0.15, 0.2) is 30.3 Å². The summed E-state index contributed by atoms with van der Waals surface area (Å²) in [5, 5.41) is 3.86. The van der Waals surface area contributed by atoms with E-state index in [-0.39, 0.29) is 19.1 Å². The monoisotopic (exact) mass is 376 g/mol. The number of benzene rings is 2. The molecule has 2 aromatic carbocycles. The summed E-state index contributed by atoms with van der Waals surface area (Å²) in [6.07, 6.45) is 0.206. The molecule has 1 aliphatic heterocycles. The molecule has 1 aliphatic rings. The number of ether oxygens (including phenoxy) is 3. The van der Waals surface area contributed by atoms with Crippen LogP contribution in [0.4, 0.5) is 5.13 Å². The van der Waals surface area contributed by atoms with Crippen molar-refractivity contribution in [1.82, 2.24) is 4.98 Å². The van der Waals surface area contributed by atoms with E-state index >= 15 is 0 Å². The van der Waals surface area contributed by atoms with Gasteiger partial charge in [0.1, 0.15) is 11.3 Å². The Morgan fingerprint density at radius 2 is 2.16 bits per heavy atom. The molecule has 1 amide bonds. The smallest absolute Gasteiger partial charge is 0.231 e. The summed E-state index contributed by atoms with van der Waals surface area (Å²) in [7, 11) is 1.57. The first kappa shape index (κ1) is 16.0. The largest absolute Gasteiger partial charge is 0.494 e. The van der Waals surface area contributed by atoms with Crippen molar-refractivity contribution >= 4 is 44.2 Å². The van der Waals surface area contributed by atoms with Crippen molar-refractivity contribution in [2.75, 3.05) is 19.2 Å². The molecule has 0 bridgehead atoms. The van der Waals surface area contributed by atoms with Gasteiger partial charge in [0.2, 0.25) is 12.7 Å². The normalized spacial score (nSPS) is 12.4. The third-order valence-electron chi connectivity index (χ3n) is 3.73. The second-order valence-corrected chi connectivity index (χ2v) is 6.77. The number of fused-ring (bicyclic) bond motifs is 2. The van der Waals surface area contributed by atoms with Gasteiger partial charge in [-0.05, 0) is 29.8 Å². The first-order valence-corrected chi connectivity index (χ1v) is 8.65. The number of anilines is 1. The van der Waals surface area contributed by atoms with Crippen LogP contribution in [0.2, 0.25) is 5.02 Å². The number of methoxy groups -OCH3 is 1. The molecule has 128 valence electrons. The van der Waals surface area contributed by atoms with Crippen molar-refractivity contribution < 1.29 is 19.0 Å². The van der Waals surface area contributed by atoms with E-state index in [1.54, 1.807) is 31.4 Å². The maximum atomic E-state index is 12.3. The van der Waals surface area contributed by atoms with Crippen molar-refractivity contribution in [3.63, 3.8) is 0 Å². The van der Waals surface area contributed by atoms with Crippen molar-refractivity contribution in [3.8, 4) is 17.2 Å². The molecule has 0 saturated heterocycles. The zero-order valence-corrected chi connectivity index (χ0v) is 14.7. The number of hydrogen-bond acceptors (Lipinski definition) is 6. The molecule has 1 aromatic heterocycles. The fourth-order valence-corrected chi connectivity index (χ4v) is 3.74. The molecular weight excluding hydrogens is 364 g/mol. The van der Waals surface area contributed by atoms with Crippen molar-refractivity contribution in [1.29, 1.82) is 0 Å². The van der Waals surface area contributed by atoms with E-state index in [1.807, 2.05) is 6.07 Å². The molecule has 4 rings (SSSR count). The quantitative estimate of drug-likeness (QED) is 0.748. The summed E-state index contributed by atoms with van der Waals surface area (Å²) >= 11 is 7.51. The van der Waals surface area contributed by atoms with Crippen molar-refractivity contribution in [2.45, 2.75) is 6.42 Å². The standard InChI is InChI=1S/C17H13ClN2O4S/c1-22-12-5-3-10(18)16-15(12)20-17(25-16)19-14(21)7-9-2-4-11-13(6-9)24-8-23-11/h2-6H,7-8H2,1H3,(H,19,20,21). The Kier molecular flexibility index (Phi) is 4.10. The summed E-state index contributed by atoms with van der Waals surface area (Å²) in [6.45, 7) is 0.208. The average Bonchev–Trinajstić information content (AvgIpc) is 3.21. The highest BCUT2D eigenvalue weighted by Crippen LogP contribution is 2.37. The molecule has 25 heavy (non-hydrogen) atoms. The summed E-state index contributed by atoms with van der Waals surface area (Å²) in [4.78, 5) is 16.7. The van der Waals surface area contributed by atoms with Gasteiger partial charge in [0.25, 0.3) is 0 Å². The minimum Gasteiger partial charge on any atom is -0.494 e. The Labute approximate surface area is 152 Å². The topological polar surface area (TPSA) is 69.7 Å². The first-order chi connectivity index (χ1) is 12.1. The van der Waals surface area contributed by atoms with E-state index in [0.29, 0.717) is 32.9 Å². The van der Waals surface area contributed by atoms with Gasteiger partial charge in [-0.2, -0.15) is 0 Å². The van der Waals surface area contributed by atoms with Crippen LogP contribution in [0.1, 0.15) is 5.56 Å². The molecule has 6 nitrogen and oxygen atoms in total. The third kappa shape index (κ3) is 3.08. The summed E-state index contributed by atoms with van der Waals surface area (Å²) in [5.74, 6) is 1.79. The molecule has 0 unspecified atom stereocenters. The average molecular weight is 377 g/mol. The van der Waals surface area contributed by atoms with Crippen LogP contribution in [-0.2, 0) is 11.2 Å². The number of rotatable bonds is 4. The van der Waals surface area contributed by atoms with E-state index in [2.05, 4.69) is 10.3 Å². The van der Waals surface area contributed by atoms with Gasteiger partial charge in [-0.3, -0.25) is 4.79 Å². The Bertz CT molecular complexity index is 973. The Morgan fingerprint density at radius 1 is 1.32 bits per heavy atom. The fourth-order valence-electron chi connectivity index (χ4n) is 2.57. The Hall–Kier alpha value is -2.51. The fraction of sp³-hybridized carbons (Fsp3) is 0.176. The number of carbonyl (C=O) groups is 1. The van der Waals surface area contributed by atoms with E-state index in [9.17, 15) is 4.79 Å². The lowest BCUT2D eigenvalue weighted by molar-refractivity contribution is -0.115. The number of halogens is 1. The van der Waals surface area contributed by atoms with E-state index in [1.165, 1.54) is 11.3 Å². The first-order valence-electron chi connectivity index (χ1n) is 7.45. The Morgan fingerprint density at radius 3 is 3.00 bits per heavy atom. The zero-order chi connectivity index (χ0) is 17.4. The highest BCUT2D eigenvalue weighted by molar-refractivity contribution is 7.23. The third-order valence-corrected chi connectivity index (χ3v) is 5.16. The minimum absolute atomic E-state index is 0.173. The highest BCUT2D eigenvalue weighted by Gasteiger charge is 2.16. The van der Waals surface area contributed by atoms with Gasteiger partial charge in [-0.25, -0.2) is 4.98 Å². The van der Waals surface area contributed by atoms with E-state index in [0.717, 1.165) is 10.3 Å². The molecule has 0 saturated carbocycles. The summed E-state index contributed by atoms with van der Waals surface area (Å²) in [6, 6.07) is 8.94. The molecule has 8 heteroatoms. The second kappa shape index (κ2) is 6.42. The van der Waals surface area contributed by atoms with Crippen molar-refractivity contribution in [3.05, 3.63) is 40.9 Å². The van der Waals surface area contributed by atoms with Crippen LogP contribution in [0.3, 0.4) is 0 Å². The summed E-state index contributed by atoms with van der Waals surface area (Å²) < 4.78 is 16.7. The van der Waals surface area contributed by atoms with Gasteiger partial charge in [0, 0.05) is 0 Å². The highest BCUT2D eigenvalue weighted by atomic mass is 35.5. The maximum Gasteiger partial charge on any atom is 0.231 e. The van der Waals surface area contributed by atoms with E-state index in [4.69, 9.17) is 25.8 Å². The lowest BCUT2D eigenvalue weighted by Crippen LogP contribution is -2.14. The van der Waals surface area contributed by atoms with Crippen LogP contribution in [0, 0.1) is 0 Å². The SMILES string of the molecule is COc1ccc(Cl)c2sc(NC(=O)Cc3ccc4c(c3)OCO4)nc12. The molecule has 0 radical (unpaired) electrons. The molecule has 2 heterocycles. The number of nitrogens with zero attached hydrogens (tertiary/aromatic N) is 1. The lowest BCUT2D eigenvalue weighted by Gasteiger charge is -2.03. The van der Waals surface area contributed by atoms with Gasteiger partial charge >= 0.3 is 0 Å². The molecule has 0 aliphatic carbocycles. The number of nitrogens with one attached hydrogen (secondary N) is 1. The molecule has 0 atom stereocenters. The lowest BCUT2D eigenvalue weighted by atomic mass is 10.1. The number of hydrogen-bond donors (Lipinski definition) is 1. The number of amides is 1. The predicted molar refractivity (Wildman–Crippen MR) is 96.1 cm³/mol. The van der Waals surface area contributed by atoms with Gasteiger partial charge in [-0.1, -0.05) is 29.0 Å². The van der Waals surface area contributed by atoms with Gasteiger partial charge < -0.3 is 19.5 Å². The van der Waals surface area contributed by atoms with Gasteiger partial charge in [-0.15, -0.1) is 0 Å². The second-order valence-electron chi connectivity index (χ2n) is 5.36. The van der Waals surface area contributed by atoms with Crippen LogP contribution < -0.4 is 19.5 Å². The molecule has 3 aromatic rings. The molecule has 1 N–H and O–H groups in total. The maximum absolute atomic E-state index is 12.3. The Balaban J connectivity index is 1.53. The molecule has 0 spiro atoms. The number of thiazole rings is 1. The minimum atomic E-state index is -0.173. The van der Waals surface area contributed by atoms with Crippen LogP contribution in [0.5, 0.6) is 17.2 Å². The predicted octanol–water partition coefficient (Wildman–Crippen LogP) is 3.87. The van der Waals surface area contributed by atoms with Gasteiger partial charge in [0.15, 0.2) is 16.6 Å². The van der Waals surface area contributed by atoms with Crippen LogP contribution in [0.25, 0.3) is 10.2 Å². The summed E-state index contributed by atoms with van der Waals surface area (Å²) in [5.41, 5.74) is 1.47. The number of aromatic nitrogens is 1. The molecule has 0 fully saturated rings. The zero-order valence-electron chi connectivity index (χ0n) is 13.2. The van der Waals surface area contributed by atoms with Gasteiger partial charge in [0.05, 0.1) is 23.3 Å². The van der Waals surface area contributed by atoms with Crippen LogP contribution in [-0.4, -0.2) is 24.8 Å². The van der Waals surface area contributed by atoms with Crippen LogP contribution >= 0.6 is 22.9 Å². The molecular formula is C17H13ClN2O4S. The number of carbonyl (C=O) groups excluding carboxylic acids is 1. The van der Waals surface area contributed by atoms with Crippen molar-refractivity contribution in [2.24, 2.45) is 0 Å².